The van der Waals surface area contributed by atoms with Crippen LogP contribution in [0, 0.1) is 0 Å². The smallest absolute Gasteiger partial charge is 0.139 e. The molecule has 5 heteroatoms. The van der Waals surface area contributed by atoms with Crippen LogP contribution >= 0.6 is 0 Å². The van der Waals surface area contributed by atoms with Crippen molar-refractivity contribution in [3.8, 4) is 0 Å². The maximum absolute atomic E-state index is 8.63. The van der Waals surface area contributed by atoms with Crippen molar-refractivity contribution in [1.82, 2.24) is 5.32 Å². The lowest BCUT2D eigenvalue weighted by molar-refractivity contribution is 0.276. The summed E-state index contributed by atoms with van der Waals surface area (Å²) in [6.45, 7) is 3.31. The van der Waals surface area contributed by atoms with E-state index in [2.05, 4.69) is 17.4 Å². The minimum atomic E-state index is 0.259. The molecule has 1 unspecified atom stereocenters. The third-order valence-electron chi connectivity index (χ3n) is 2.28. The van der Waals surface area contributed by atoms with E-state index in [1.165, 1.54) is 0 Å². The molecule has 0 aromatic carbocycles. The normalized spacial score (nSPS) is 14.1. The molecule has 0 bridgehead atoms. The first-order valence-corrected chi connectivity index (χ1v) is 5.51. The van der Waals surface area contributed by atoms with Gasteiger partial charge in [-0.1, -0.05) is 5.16 Å². The van der Waals surface area contributed by atoms with Gasteiger partial charge in [-0.3, -0.25) is 0 Å². The van der Waals surface area contributed by atoms with Crippen LogP contribution < -0.4 is 11.1 Å². The van der Waals surface area contributed by atoms with Crippen molar-refractivity contribution in [2.75, 3.05) is 13.2 Å². The Kier molecular flexibility index (Phi) is 9.21. The fourth-order valence-corrected chi connectivity index (χ4v) is 1.33. The first-order chi connectivity index (χ1) is 7.20. The van der Waals surface area contributed by atoms with E-state index in [9.17, 15) is 0 Å². The highest BCUT2D eigenvalue weighted by Crippen LogP contribution is 1.98. The summed E-state index contributed by atoms with van der Waals surface area (Å²) in [4.78, 5) is 0. The molecule has 0 spiro atoms. The van der Waals surface area contributed by atoms with Gasteiger partial charge >= 0.3 is 0 Å². The molecule has 0 saturated carbocycles. The molecule has 0 amide bonds. The van der Waals surface area contributed by atoms with E-state index in [1.54, 1.807) is 0 Å². The van der Waals surface area contributed by atoms with E-state index in [4.69, 9.17) is 16.0 Å². The van der Waals surface area contributed by atoms with Crippen LogP contribution in [0.5, 0.6) is 0 Å². The summed E-state index contributed by atoms with van der Waals surface area (Å²) < 4.78 is 0. The van der Waals surface area contributed by atoms with Crippen LogP contribution in [0.3, 0.4) is 0 Å². The number of unbranched alkanes of at least 4 members (excludes halogenated alkanes) is 1. The molecule has 5 N–H and O–H groups in total. The van der Waals surface area contributed by atoms with E-state index in [1.807, 2.05) is 0 Å². The van der Waals surface area contributed by atoms with Crippen molar-refractivity contribution in [2.24, 2.45) is 10.9 Å². The molecule has 90 valence electrons. The Morgan fingerprint density at radius 3 is 2.73 bits per heavy atom. The summed E-state index contributed by atoms with van der Waals surface area (Å²) >= 11 is 0. The molecule has 0 fully saturated rings. The Hall–Kier alpha value is -0.810. The predicted molar refractivity (Wildman–Crippen MR) is 61.0 cm³/mol. The summed E-state index contributed by atoms with van der Waals surface area (Å²) in [7, 11) is 0. The molecule has 0 rings (SSSR count). The average molecular weight is 217 g/mol. The van der Waals surface area contributed by atoms with Gasteiger partial charge in [0.25, 0.3) is 0 Å². The number of aliphatic hydroxyl groups is 1. The van der Waals surface area contributed by atoms with Gasteiger partial charge in [0.1, 0.15) is 5.84 Å². The second-order valence-electron chi connectivity index (χ2n) is 3.77. The van der Waals surface area contributed by atoms with E-state index in [0.29, 0.717) is 18.3 Å². The number of nitrogens with two attached hydrogens (primary N) is 1. The Morgan fingerprint density at radius 2 is 2.13 bits per heavy atom. The fraction of sp³-hybridized carbons (Fsp3) is 0.900. The molecule has 0 aromatic rings. The standard InChI is InChI=1S/C10H23N3O2/c1-9(5-4-8-14)12-7-3-2-6-10(11)13-15/h9,12,14-15H,2-8H2,1H3,(H2,11,13). The number of hydrogen-bond acceptors (Lipinski definition) is 4. The number of nitrogens with zero attached hydrogens (tertiary/aromatic N) is 1. The van der Waals surface area contributed by atoms with Crippen molar-refractivity contribution in [3.05, 3.63) is 0 Å². The topological polar surface area (TPSA) is 90.9 Å². The Labute approximate surface area is 91.4 Å². The van der Waals surface area contributed by atoms with E-state index >= 15 is 0 Å². The summed E-state index contributed by atoms with van der Waals surface area (Å²) in [5.74, 6) is 0.295. The monoisotopic (exact) mass is 217 g/mol. The van der Waals surface area contributed by atoms with Crippen molar-refractivity contribution in [2.45, 2.75) is 45.1 Å². The zero-order valence-corrected chi connectivity index (χ0v) is 9.45. The van der Waals surface area contributed by atoms with Crippen LogP contribution in [-0.4, -0.2) is 35.3 Å². The lowest BCUT2D eigenvalue weighted by Gasteiger charge is -2.12. The third kappa shape index (κ3) is 9.49. The number of aliphatic hydroxyl groups excluding tert-OH is 1. The molecule has 0 radical (unpaired) electrons. The summed E-state index contributed by atoms with van der Waals surface area (Å²) in [5.41, 5.74) is 5.33. The van der Waals surface area contributed by atoms with Gasteiger partial charge in [0.2, 0.25) is 0 Å². The number of hydrogen-bond donors (Lipinski definition) is 4. The Morgan fingerprint density at radius 1 is 1.40 bits per heavy atom. The second-order valence-corrected chi connectivity index (χ2v) is 3.77. The molecule has 0 aromatic heterocycles. The SMILES string of the molecule is CC(CCCO)NCCCCC(N)=NO. The van der Waals surface area contributed by atoms with Crippen molar-refractivity contribution >= 4 is 5.84 Å². The second kappa shape index (κ2) is 9.73. The molecule has 0 aliphatic carbocycles. The number of rotatable bonds is 9. The number of amidine groups is 1. The van der Waals surface area contributed by atoms with Gasteiger partial charge in [-0.05, 0) is 39.2 Å². The highest BCUT2D eigenvalue weighted by molar-refractivity contribution is 5.79. The van der Waals surface area contributed by atoms with Gasteiger partial charge in [-0.25, -0.2) is 0 Å². The van der Waals surface area contributed by atoms with Crippen molar-refractivity contribution in [1.29, 1.82) is 0 Å². The maximum atomic E-state index is 8.63. The van der Waals surface area contributed by atoms with Gasteiger partial charge in [0.15, 0.2) is 0 Å². The Bertz CT molecular complexity index is 174. The molecule has 15 heavy (non-hydrogen) atoms. The van der Waals surface area contributed by atoms with Gasteiger partial charge in [-0.15, -0.1) is 0 Å². The molecule has 0 saturated heterocycles. The molecule has 0 heterocycles. The van der Waals surface area contributed by atoms with Gasteiger partial charge in [0, 0.05) is 19.1 Å². The largest absolute Gasteiger partial charge is 0.409 e. The van der Waals surface area contributed by atoms with Crippen LogP contribution in [0.1, 0.15) is 39.0 Å². The maximum Gasteiger partial charge on any atom is 0.139 e. The van der Waals surface area contributed by atoms with Crippen LogP contribution in [-0.2, 0) is 0 Å². The third-order valence-corrected chi connectivity index (χ3v) is 2.28. The molecule has 0 aliphatic rings. The summed E-state index contributed by atoms with van der Waals surface area (Å²) in [6, 6.07) is 0.445. The zero-order chi connectivity index (χ0) is 11.5. The Balaban J connectivity index is 3.23. The quantitative estimate of drug-likeness (QED) is 0.150. The van der Waals surface area contributed by atoms with E-state index in [0.717, 1.165) is 32.2 Å². The van der Waals surface area contributed by atoms with Gasteiger partial charge in [-0.2, -0.15) is 0 Å². The average Bonchev–Trinajstić information content (AvgIpc) is 2.25. The lowest BCUT2D eigenvalue weighted by Crippen LogP contribution is -2.27. The van der Waals surface area contributed by atoms with Crippen LogP contribution in [0.2, 0.25) is 0 Å². The zero-order valence-electron chi connectivity index (χ0n) is 9.45. The van der Waals surface area contributed by atoms with Crippen molar-refractivity contribution < 1.29 is 10.3 Å². The highest BCUT2D eigenvalue weighted by Gasteiger charge is 2.00. The minimum Gasteiger partial charge on any atom is -0.409 e. The molecular weight excluding hydrogens is 194 g/mol. The van der Waals surface area contributed by atoms with Gasteiger partial charge < -0.3 is 21.4 Å². The molecule has 5 nitrogen and oxygen atoms in total. The van der Waals surface area contributed by atoms with Crippen LogP contribution in [0.15, 0.2) is 5.16 Å². The summed E-state index contributed by atoms with van der Waals surface area (Å²) in [5, 5.41) is 23.2. The number of nitrogens with one attached hydrogen (secondary N) is 1. The van der Waals surface area contributed by atoms with E-state index < -0.39 is 0 Å². The van der Waals surface area contributed by atoms with E-state index in [-0.39, 0.29) is 6.61 Å². The van der Waals surface area contributed by atoms with Crippen LogP contribution in [0.4, 0.5) is 0 Å². The minimum absolute atomic E-state index is 0.259. The fourth-order valence-electron chi connectivity index (χ4n) is 1.33. The predicted octanol–water partition coefficient (Wildman–Crippen LogP) is 0.654. The molecule has 1 atom stereocenters. The molecule has 0 aliphatic heterocycles. The van der Waals surface area contributed by atoms with Crippen LogP contribution in [0.25, 0.3) is 0 Å². The highest BCUT2D eigenvalue weighted by atomic mass is 16.4. The van der Waals surface area contributed by atoms with Crippen molar-refractivity contribution in [3.63, 3.8) is 0 Å². The summed E-state index contributed by atoms with van der Waals surface area (Å²) in [6.07, 6.45) is 4.42. The number of oxime groups is 1. The van der Waals surface area contributed by atoms with Gasteiger partial charge in [0.05, 0.1) is 0 Å². The first-order valence-electron chi connectivity index (χ1n) is 5.51. The lowest BCUT2D eigenvalue weighted by atomic mass is 10.1. The first kappa shape index (κ1) is 14.2. The molecular formula is C10H23N3O2.